The van der Waals surface area contributed by atoms with Gasteiger partial charge in [-0.15, -0.1) is 0 Å². The fraction of sp³-hybridized carbons (Fsp3) is 0.529. The first-order valence-corrected chi connectivity index (χ1v) is 9.85. The van der Waals surface area contributed by atoms with Gasteiger partial charge in [-0.1, -0.05) is 18.9 Å². The van der Waals surface area contributed by atoms with Crippen LogP contribution in [0.25, 0.3) is 0 Å². The van der Waals surface area contributed by atoms with Crippen molar-refractivity contribution < 1.29 is 18.0 Å². The maximum atomic E-state index is 12.8. The Labute approximate surface area is 149 Å². The number of carbonyl (C=O) groups is 2. The van der Waals surface area contributed by atoms with Gasteiger partial charge in [0, 0.05) is 32.7 Å². The van der Waals surface area contributed by atoms with Gasteiger partial charge in [0.15, 0.2) is 0 Å². The van der Waals surface area contributed by atoms with Gasteiger partial charge in [0.1, 0.15) is 0 Å². The molecule has 1 aromatic carbocycles. The van der Waals surface area contributed by atoms with Gasteiger partial charge in [-0.25, -0.2) is 8.42 Å². The first kappa shape index (κ1) is 19.4. The van der Waals surface area contributed by atoms with Gasteiger partial charge < -0.3 is 10.2 Å². The van der Waals surface area contributed by atoms with Crippen LogP contribution in [0.15, 0.2) is 29.2 Å². The number of carbonyl (C=O) groups excluding carboxylic acids is 2. The number of nitrogens with zero attached hydrogens (tertiary/aromatic N) is 2. The maximum Gasteiger partial charge on any atom is 0.251 e. The summed E-state index contributed by atoms with van der Waals surface area (Å²) < 4.78 is 27.1. The third-order valence-electron chi connectivity index (χ3n) is 4.20. The molecule has 1 aliphatic heterocycles. The molecule has 1 aliphatic rings. The first-order valence-electron chi connectivity index (χ1n) is 8.41. The molecule has 7 nitrogen and oxygen atoms in total. The minimum atomic E-state index is -3.61. The van der Waals surface area contributed by atoms with Crippen molar-refractivity contribution in [2.75, 3.05) is 33.7 Å². The predicted octanol–water partition coefficient (Wildman–Crippen LogP) is 1.07. The van der Waals surface area contributed by atoms with Crippen LogP contribution in [0.3, 0.4) is 0 Å². The third kappa shape index (κ3) is 5.02. The molecule has 2 rings (SSSR count). The molecule has 138 valence electrons. The summed E-state index contributed by atoms with van der Waals surface area (Å²) >= 11 is 0. The Hall–Kier alpha value is -1.93. The second-order valence-corrected chi connectivity index (χ2v) is 8.25. The molecule has 1 saturated heterocycles. The highest BCUT2D eigenvalue weighted by molar-refractivity contribution is 7.89. The molecule has 8 heteroatoms. The van der Waals surface area contributed by atoms with Gasteiger partial charge in [-0.2, -0.15) is 4.31 Å². The highest BCUT2D eigenvalue weighted by Gasteiger charge is 2.25. The lowest BCUT2D eigenvalue weighted by Crippen LogP contribution is -2.36. The van der Waals surface area contributed by atoms with E-state index < -0.39 is 15.9 Å². The molecule has 0 spiro atoms. The molecule has 1 N–H and O–H groups in total. The predicted molar refractivity (Wildman–Crippen MR) is 94.7 cm³/mol. The number of rotatable bonds is 5. The lowest BCUT2D eigenvalue weighted by Gasteiger charge is -2.20. The quantitative estimate of drug-likeness (QED) is 0.843. The summed E-state index contributed by atoms with van der Waals surface area (Å²) in [6.07, 6.45) is 3.78. The van der Waals surface area contributed by atoms with Crippen molar-refractivity contribution in [3.63, 3.8) is 0 Å². The van der Waals surface area contributed by atoms with Gasteiger partial charge in [0.2, 0.25) is 15.9 Å². The van der Waals surface area contributed by atoms with Crippen LogP contribution in [-0.4, -0.2) is 63.2 Å². The van der Waals surface area contributed by atoms with Gasteiger partial charge in [-0.05, 0) is 31.0 Å². The van der Waals surface area contributed by atoms with Crippen molar-refractivity contribution in [2.24, 2.45) is 0 Å². The van der Waals surface area contributed by atoms with E-state index in [0.29, 0.717) is 13.1 Å². The molecule has 1 aromatic rings. The van der Waals surface area contributed by atoms with Crippen LogP contribution in [0.5, 0.6) is 0 Å². The molecule has 1 heterocycles. The van der Waals surface area contributed by atoms with Gasteiger partial charge in [0.05, 0.1) is 11.4 Å². The van der Waals surface area contributed by atoms with Gasteiger partial charge in [-0.3, -0.25) is 9.59 Å². The van der Waals surface area contributed by atoms with Crippen molar-refractivity contribution in [3.05, 3.63) is 29.8 Å². The van der Waals surface area contributed by atoms with Crippen LogP contribution in [0, 0.1) is 0 Å². The monoisotopic (exact) mass is 367 g/mol. The van der Waals surface area contributed by atoms with E-state index in [1.54, 1.807) is 20.2 Å². The smallest absolute Gasteiger partial charge is 0.251 e. The minimum absolute atomic E-state index is 0.112. The molecular formula is C17H25N3O4S. The van der Waals surface area contributed by atoms with Gasteiger partial charge in [0.25, 0.3) is 5.91 Å². The molecule has 1 fully saturated rings. The zero-order valence-corrected chi connectivity index (χ0v) is 15.5. The van der Waals surface area contributed by atoms with Crippen LogP contribution < -0.4 is 5.32 Å². The van der Waals surface area contributed by atoms with Crippen molar-refractivity contribution in [1.82, 2.24) is 14.5 Å². The van der Waals surface area contributed by atoms with E-state index in [1.807, 2.05) is 0 Å². The van der Waals surface area contributed by atoms with Crippen LogP contribution in [0.4, 0.5) is 0 Å². The Morgan fingerprint density at radius 3 is 2.36 bits per heavy atom. The molecule has 0 radical (unpaired) electrons. The number of hydrogen-bond acceptors (Lipinski definition) is 4. The summed E-state index contributed by atoms with van der Waals surface area (Å²) in [5.74, 6) is -0.704. The average Bonchev–Trinajstić information content (AvgIpc) is 2.89. The molecule has 0 saturated carbocycles. The molecule has 0 aliphatic carbocycles. The summed E-state index contributed by atoms with van der Waals surface area (Å²) in [6, 6.07) is 5.96. The molecule has 0 bridgehead atoms. The number of sulfonamides is 1. The number of hydrogen-bond donors (Lipinski definition) is 1. The fourth-order valence-electron chi connectivity index (χ4n) is 2.64. The second kappa shape index (κ2) is 8.44. The van der Waals surface area contributed by atoms with E-state index in [1.165, 1.54) is 27.4 Å². The number of benzene rings is 1. The van der Waals surface area contributed by atoms with E-state index >= 15 is 0 Å². The first-order chi connectivity index (χ1) is 11.8. The van der Waals surface area contributed by atoms with Crippen LogP contribution in [0.1, 0.15) is 36.0 Å². The fourth-order valence-corrected chi connectivity index (χ4v) is 4.21. The SMILES string of the molecule is CN(C)C(=O)CNC(=O)c1cccc(S(=O)(=O)N2CCCCCC2)c1. The molecule has 25 heavy (non-hydrogen) atoms. The van der Waals surface area contributed by atoms with Crippen LogP contribution >= 0.6 is 0 Å². The van der Waals surface area contributed by atoms with Crippen molar-refractivity contribution >= 4 is 21.8 Å². The van der Waals surface area contributed by atoms with Gasteiger partial charge >= 0.3 is 0 Å². The topological polar surface area (TPSA) is 86.8 Å². The van der Waals surface area contributed by atoms with Crippen molar-refractivity contribution in [3.8, 4) is 0 Å². The zero-order chi connectivity index (χ0) is 18.4. The molecule has 0 atom stereocenters. The summed E-state index contributed by atoms with van der Waals surface area (Å²) in [6.45, 7) is 0.890. The Morgan fingerprint density at radius 1 is 1.12 bits per heavy atom. The highest BCUT2D eigenvalue weighted by atomic mass is 32.2. The lowest BCUT2D eigenvalue weighted by molar-refractivity contribution is -0.127. The molecule has 0 unspecified atom stereocenters. The summed E-state index contributed by atoms with van der Waals surface area (Å²) in [5, 5.41) is 2.51. The van der Waals surface area contributed by atoms with Crippen LogP contribution in [-0.2, 0) is 14.8 Å². The maximum absolute atomic E-state index is 12.8. The van der Waals surface area contributed by atoms with E-state index in [4.69, 9.17) is 0 Å². The summed E-state index contributed by atoms with van der Waals surface area (Å²) in [5.41, 5.74) is 0.224. The van der Waals surface area contributed by atoms with E-state index in [9.17, 15) is 18.0 Å². The normalized spacial score (nSPS) is 16.1. The van der Waals surface area contributed by atoms with E-state index in [2.05, 4.69) is 5.32 Å². The standard InChI is InChI=1S/C17H25N3O4S/c1-19(2)16(21)13-18-17(22)14-8-7-9-15(12-14)25(23,24)20-10-5-3-4-6-11-20/h7-9,12H,3-6,10-11,13H2,1-2H3,(H,18,22). The largest absolute Gasteiger partial charge is 0.347 e. The Morgan fingerprint density at radius 2 is 1.76 bits per heavy atom. The number of nitrogens with one attached hydrogen (secondary N) is 1. The third-order valence-corrected chi connectivity index (χ3v) is 6.09. The molecule has 2 amide bonds. The van der Waals surface area contributed by atoms with Crippen molar-refractivity contribution in [2.45, 2.75) is 30.6 Å². The number of likely N-dealkylation sites (N-methyl/N-ethyl adjacent to an activating group) is 1. The Balaban J connectivity index is 2.14. The van der Waals surface area contributed by atoms with Crippen molar-refractivity contribution in [1.29, 1.82) is 0 Å². The van der Waals surface area contributed by atoms with E-state index in [0.717, 1.165) is 25.7 Å². The summed E-state index contributed by atoms with van der Waals surface area (Å²) in [4.78, 5) is 25.2. The Kier molecular flexibility index (Phi) is 6.55. The van der Waals surface area contributed by atoms with Crippen LogP contribution in [0.2, 0.25) is 0 Å². The average molecular weight is 367 g/mol. The van der Waals surface area contributed by atoms with E-state index in [-0.39, 0.29) is 22.9 Å². The number of amides is 2. The minimum Gasteiger partial charge on any atom is -0.347 e. The lowest BCUT2D eigenvalue weighted by atomic mass is 10.2. The highest BCUT2D eigenvalue weighted by Crippen LogP contribution is 2.21. The second-order valence-electron chi connectivity index (χ2n) is 6.32. The Bertz CT molecular complexity index is 723. The zero-order valence-electron chi connectivity index (χ0n) is 14.7. The summed E-state index contributed by atoms with van der Waals surface area (Å²) in [7, 11) is -0.408. The molecular weight excluding hydrogens is 342 g/mol. The molecule has 0 aromatic heterocycles.